The normalized spacial score (nSPS) is 11.8. The summed E-state index contributed by atoms with van der Waals surface area (Å²) in [6.07, 6.45) is 1.37. The van der Waals surface area contributed by atoms with Crippen LogP contribution < -0.4 is 9.47 Å². The largest absolute Gasteiger partial charge is 0.493 e. The van der Waals surface area contributed by atoms with Gasteiger partial charge in [0.1, 0.15) is 5.15 Å². The summed E-state index contributed by atoms with van der Waals surface area (Å²) < 4.78 is 38.8. The third-order valence-corrected chi connectivity index (χ3v) is 5.99. The van der Waals surface area contributed by atoms with Crippen molar-refractivity contribution in [1.29, 1.82) is 0 Å². The van der Waals surface area contributed by atoms with Crippen LogP contribution in [0.5, 0.6) is 11.5 Å². The molecule has 2 aromatic rings. The molecule has 9 heteroatoms. The fourth-order valence-electron chi connectivity index (χ4n) is 2.24. The molecule has 0 unspecified atom stereocenters. The molecule has 0 radical (unpaired) electrons. The molecule has 1 aromatic heterocycles. The van der Waals surface area contributed by atoms with Crippen LogP contribution in [0.15, 0.2) is 29.6 Å². The van der Waals surface area contributed by atoms with E-state index in [1.807, 2.05) is 0 Å². The lowest BCUT2D eigenvalue weighted by Crippen LogP contribution is -2.31. The quantitative estimate of drug-likeness (QED) is 0.744. The van der Waals surface area contributed by atoms with E-state index in [-0.39, 0.29) is 23.3 Å². The predicted molar refractivity (Wildman–Crippen MR) is 91.0 cm³/mol. The topological polar surface area (TPSA) is 73.7 Å². The number of ether oxygens (including phenoxy) is 2. The average molecular weight is 374 g/mol. The van der Waals surface area contributed by atoms with Crippen LogP contribution in [0, 0.1) is 0 Å². The molecule has 0 atom stereocenters. The molecule has 24 heavy (non-hydrogen) atoms. The number of halogens is 1. The van der Waals surface area contributed by atoms with Gasteiger partial charge in [-0.05, 0) is 17.7 Å². The van der Waals surface area contributed by atoms with E-state index in [2.05, 4.69) is 4.98 Å². The second kappa shape index (κ2) is 7.42. The van der Waals surface area contributed by atoms with Gasteiger partial charge in [-0.2, -0.15) is 4.31 Å². The first-order valence-electron chi connectivity index (χ1n) is 7.23. The Hall–Kier alpha value is -1.77. The molecule has 0 saturated heterocycles. The average Bonchev–Trinajstić information content (AvgIpc) is 2.92. The number of rotatable bonds is 7. The van der Waals surface area contributed by atoms with Gasteiger partial charge in [0, 0.05) is 20.1 Å². The molecular weight excluding hydrogens is 354 g/mol. The highest BCUT2D eigenvalue weighted by atomic mass is 35.5. The Labute approximate surface area is 146 Å². The zero-order valence-corrected chi connectivity index (χ0v) is 15.6. The smallest absolute Gasteiger partial charge is 0.263 e. The van der Waals surface area contributed by atoms with E-state index < -0.39 is 10.0 Å². The summed E-state index contributed by atoms with van der Waals surface area (Å²) in [5.41, 5.74) is 0.769. The number of aryl methyl sites for hydroxylation is 1. The van der Waals surface area contributed by atoms with Gasteiger partial charge in [0.25, 0.3) is 10.0 Å². The van der Waals surface area contributed by atoms with Crippen LogP contribution in [0.25, 0.3) is 0 Å². The summed E-state index contributed by atoms with van der Waals surface area (Å²) in [6.45, 7) is 2.21. The Morgan fingerprint density at radius 1 is 1.25 bits per heavy atom. The van der Waals surface area contributed by atoms with Gasteiger partial charge in [-0.15, -0.1) is 0 Å². The van der Waals surface area contributed by atoms with Crippen molar-refractivity contribution >= 4 is 21.6 Å². The number of methoxy groups -OCH3 is 2. The number of imidazole rings is 1. The Bertz CT molecular complexity index is 820. The Morgan fingerprint density at radius 3 is 2.42 bits per heavy atom. The summed E-state index contributed by atoms with van der Waals surface area (Å²) >= 11 is 6.04. The maximum Gasteiger partial charge on any atom is 0.263 e. The van der Waals surface area contributed by atoms with Crippen molar-refractivity contribution in [2.45, 2.75) is 18.5 Å². The Balaban J connectivity index is 2.34. The molecule has 0 aliphatic rings. The number of nitrogens with zero attached hydrogens (tertiary/aromatic N) is 3. The lowest BCUT2D eigenvalue weighted by molar-refractivity contribution is 0.353. The molecule has 0 N–H and O–H groups in total. The van der Waals surface area contributed by atoms with E-state index >= 15 is 0 Å². The van der Waals surface area contributed by atoms with E-state index in [0.717, 1.165) is 5.56 Å². The fraction of sp³-hybridized carbons (Fsp3) is 0.400. The monoisotopic (exact) mass is 373 g/mol. The van der Waals surface area contributed by atoms with Crippen LogP contribution >= 0.6 is 11.6 Å². The van der Waals surface area contributed by atoms with Gasteiger partial charge in [0.15, 0.2) is 11.5 Å². The van der Waals surface area contributed by atoms with Crippen LogP contribution in [0.3, 0.4) is 0 Å². The van der Waals surface area contributed by atoms with Crippen molar-refractivity contribution in [1.82, 2.24) is 13.9 Å². The third-order valence-electron chi connectivity index (χ3n) is 3.58. The molecule has 7 nitrogen and oxygen atoms in total. The summed E-state index contributed by atoms with van der Waals surface area (Å²) in [5, 5.41) is -0.0604. The van der Waals surface area contributed by atoms with Gasteiger partial charge in [0.05, 0.1) is 20.5 Å². The van der Waals surface area contributed by atoms with Crippen molar-refractivity contribution in [3.05, 3.63) is 35.2 Å². The summed E-state index contributed by atoms with van der Waals surface area (Å²) in [4.78, 5) is 3.92. The van der Waals surface area contributed by atoms with Gasteiger partial charge in [-0.3, -0.25) is 0 Å². The molecule has 0 bridgehead atoms. The molecule has 1 aromatic carbocycles. The van der Waals surface area contributed by atoms with Gasteiger partial charge in [-0.25, -0.2) is 13.4 Å². The SMILES string of the molecule is CCN(Cc1ccc(OC)c(OC)c1)S(=O)(=O)c1ncn(C)c1Cl. The van der Waals surface area contributed by atoms with Crippen LogP contribution in [0.2, 0.25) is 5.15 Å². The Morgan fingerprint density at radius 2 is 1.92 bits per heavy atom. The first kappa shape index (κ1) is 18.6. The van der Waals surface area contributed by atoms with Crippen LogP contribution in [-0.4, -0.2) is 43.0 Å². The Kier molecular flexibility index (Phi) is 5.74. The molecule has 1 heterocycles. The molecule has 132 valence electrons. The maximum atomic E-state index is 12.8. The van der Waals surface area contributed by atoms with Gasteiger partial charge >= 0.3 is 0 Å². The lowest BCUT2D eigenvalue weighted by atomic mass is 10.2. The highest BCUT2D eigenvalue weighted by Crippen LogP contribution is 2.29. The van der Waals surface area contributed by atoms with Crippen molar-refractivity contribution < 1.29 is 17.9 Å². The number of hydrogen-bond donors (Lipinski definition) is 0. The van der Waals surface area contributed by atoms with E-state index in [0.29, 0.717) is 11.5 Å². The zero-order valence-electron chi connectivity index (χ0n) is 14.0. The van der Waals surface area contributed by atoms with E-state index in [1.165, 1.54) is 22.3 Å². The third kappa shape index (κ3) is 3.50. The minimum Gasteiger partial charge on any atom is -0.493 e. The van der Waals surface area contributed by atoms with Crippen LogP contribution in [0.1, 0.15) is 12.5 Å². The van der Waals surface area contributed by atoms with E-state index in [4.69, 9.17) is 21.1 Å². The standard InChI is InChI=1S/C15H20ClN3O4S/c1-5-19(24(20,21)15-14(16)18(2)10-17-15)9-11-6-7-12(22-3)13(8-11)23-4/h6-8,10H,5,9H2,1-4H3. The number of aromatic nitrogens is 2. The van der Waals surface area contributed by atoms with E-state index in [9.17, 15) is 8.42 Å². The minimum atomic E-state index is -3.80. The molecule has 0 amide bonds. The van der Waals surface area contributed by atoms with Gasteiger partial charge in [0.2, 0.25) is 5.03 Å². The summed E-state index contributed by atoms with van der Waals surface area (Å²) in [7, 11) is 0.917. The van der Waals surface area contributed by atoms with Crippen molar-refractivity contribution in [2.75, 3.05) is 20.8 Å². The molecule has 2 rings (SSSR count). The van der Waals surface area contributed by atoms with Gasteiger partial charge in [-0.1, -0.05) is 24.6 Å². The molecule has 0 fully saturated rings. The molecule has 0 aliphatic carbocycles. The van der Waals surface area contributed by atoms with Crippen molar-refractivity contribution in [3.8, 4) is 11.5 Å². The molecule has 0 aliphatic heterocycles. The first-order chi connectivity index (χ1) is 11.3. The van der Waals surface area contributed by atoms with Crippen molar-refractivity contribution in [2.24, 2.45) is 7.05 Å². The minimum absolute atomic E-state index is 0.0840. The maximum absolute atomic E-state index is 12.8. The lowest BCUT2D eigenvalue weighted by Gasteiger charge is -2.20. The molecular formula is C15H20ClN3O4S. The number of sulfonamides is 1. The number of benzene rings is 1. The second-order valence-corrected chi connectivity index (χ2v) is 7.28. The van der Waals surface area contributed by atoms with E-state index in [1.54, 1.807) is 39.3 Å². The second-order valence-electron chi connectivity index (χ2n) is 5.07. The van der Waals surface area contributed by atoms with Crippen LogP contribution in [0.4, 0.5) is 0 Å². The van der Waals surface area contributed by atoms with Gasteiger partial charge < -0.3 is 14.0 Å². The molecule has 0 spiro atoms. The predicted octanol–water partition coefficient (Wildman–Crippen LogP) is 2.30. The fourth-order valence-corrected chi connectivity index (χ4v) is 4.06. The van der Waals surface area contributed by atoms with Crippen LogP contribution in [-0.2, 0) is 23.6 Å². The molecule has 0 saturated carbocycles. The zero-order chi connectivity index (χ0) is 17.9. The number of hydrogen-bond acceptors (Lipinski definition) is 5. The highest BCUT2D eigenvalue weighted by molar-refractivity contribution is 7.89. The summed E-state index contributed by atoms with van der Waals surface area (Å²) in [5.74, 6) is 1.12. The highest BCUT2D eigenvalue weighted by Gasteiger charge is 2.29. The first-order valence-corrected chi connectivity index (χ1v) is 9.04. The summed E-state index contributed by atoms with van der Waals surface area (Å²) in [6, 6.07) is 5.28. The van der Waals surface area contributed by atoms with Crippen molar-refractivity contribution in [3.63, 3.8) is 0 Å².